The van der Waals surface area contributed by atoms with Gasteiger partial charge in [-0.3, -0.25) is 4.79 Å². The fourth-order valence-corrected chi connectivity index (χ4v) is 3.52. The van der Waals surface area contributed by atoms with Crippen molar-refractivity contribution in [3.05, 3.63) is 12.2 Å². The van der Waals surface area contributed by atoms with Gasteiger partial charge in [0.1, 0.15) is 0 Å². The third kappa shape index (κ3) is 3.78. The molecule has 2 bridgehead atoms. The number of halogens is 6. The van der Waals surface area contributed by atoms with Crippen LogP contribution in [0.1, 0.15) is 26.7 Å². The molecule has 0 amide bonds. The predicted molar refractivity (Wildman–Crippen MR) is 77.0 cm³/mol. The molecular weight excluding hydrogens is 386 g/mol. The number of esters is 2. The first-order valence-electron chi connectivity index (χ1n) is 8.03. The summed E-state index contributed by atoms with van der Waals surface area (Å²) in [7, 11) is 0. The highest BCUT2D eigenvalue weighted by molar-refractivity contribution is 5.78. The minimum Gasteiger partial charge on any atom is -0.453 e. The zero-order valence-corrected chi connectivity index (χ0v) is 14.4. The molecule has 11 heteroatoms. The molecular formula is C16H18F6O5. The Labute approximate surface area is 150 Å². The summed E-state index contributed by atoms with van der Waals surface area (Å²) in [6.07, 6.45) is -7.30. The zero-order chi connectivity index (χ0) is 20.8. The number of hydrogen-bond donors (Lipinski definition) is 1. The SMILES string of the molecule is CC(C)(OC(=O)COC(=O)C1CC2C=CC1C2)C(O)(C(F)(F)F)C(F)(F)F. The number of alkyl halides is 6. The average Bonchev–Trinajstić information content (AvgIpc) is 3.11. The smallest absolute Gasteiger partial charge is 0.430 e. The molecule has 27 heavy (non-hydrogen) atoms. The van der Waals surface area contributed by atoms with E-state index in [1.807, 2.05) is 12.2 Å². The first-order chi connectivity index (χ1) is 12.1. The van der Waals surface area contributed by atoms with Gasteiger partial charge in [0.15, 0.2) is 12.2 Å². The zero-order valence-electron chi connectivity index (χ0n) is 14.4. The quantitative estimate of drug-likeness (QED) is 0.433. The fourth-order valence-electron chi connectivity index (χ4n) is 3.52. The van der Waals surface area contributed by atoms with E-state index >= 15 is 0 Å². The van der Waals surface area contributed by atoms with Crippen LogP contribution in [0.5, 0.6) is 0 Å². The molecule has 1 saturated carbocycles. The van der Waals surface area contributed by atoms with Gasteiger partial charge in [-0.25, -0.2) is 4.79 Å². The van der Waals surface area contributed by atoms with E-state index in [1.54, 1.807) is 0 Å². The highest BCUT2D eigenvalue weighted by Crippen LogP contribution is 2.50. The molecule has 0 heterocycles. The summed E-state index contributed by atoms with van der Waals surface area (Å²) < 4.78 is 86.3. The van der Waals surface area contributed by atoms with Crippen LogP contribution in [0.25, 0.3) is 0 Å². The highest BCUT2D eigenvalue weighted by Gasteiger charge is 2.78. The van der Waals surface area contributed by atoms with Gasteiger partial charge >= 0.3 is 24.3 Å². The first kappa shape index (κ1) is 21.5. The lowest BCUT2D eigenvalue weighted by atomic mass is 9.84. The number of hydrogen-bond acceptors (Lipinski definition) is 5. The number of fused-ring (bicyclic) bond motifs is 2. The van der Waals surface area contributed by atoms with Crippen molar-refractivity contribution in [2.24, 2.45) is 17.8 Å². The Morgan fingerprint density at radius 1 is 1.04 bits per heavy atom. The minimum absolute atomic E-state index is 0.0597. The summed E-state index contributed by atoms with van der Waals surface area (Å²) in [6.45, 7) is -0.617. The van der Waals surface area contributed by atoms with E-state index in [-0.39, 0.29) is 25.7 Å². The Hall–Kier alpha value is -1.78. The van der Waals surface area contributed by atoms with Crippen LogP contribution < -0.4 is 0 Å². The maximum Gasteiger partial charge on any atom is 0.430 e. The van der Waals surface area contributed by atoms with Crippen molar-refractivity contribution in [2.75, 3.05) is 6.61 Å². The summed E-state index contributed by atoms with van der Waals surface area (Å²) in [4.78, 5) is 23.6. The van der Waals surface area contributed by atoms with Crippen LogP contribution >= 0.6 is 0 Å². The van der Waals surface area contributed by atoms with Crippen LogP contribution in [0.15, 0.2) is 12.2 Å². The molecule has 3 atom stereocenters. The third-order valence-corrected chi connectivity index (χ3v) is 4.97. The van der Waals surface area contributed by atoms with Crippen LogP contribution in [0.2, 0.25) is 0 Å². The monoisotopic (exact) mass is 404 g/mol. The molecule has 2 aliphatic carbocycles. The molecule has 0 aliphatic heterocycles. The number of carbonyl (C=O) groups excluding carboxylic acids is 2. The second kappa shape index (κ2) is 6.68. The number of aliphatic hydroxyl groups is 1. The van der Waals surface area contributed by atoms with Crippen molar-refractivity contribution in [1.29, 1.82) is 0 Å². The summed E-state index contributed by atoms with van der Waals surface area (Å²) in [5, 5.41) is 9.34. The third-order valence-electron chi connectivity index (χ3n) is 4.97. The number of carbonyl (C=O) groups is 2. The molecule has 0 saturated heterocycles. The van der Waals surface area contributed by atoms with E-state index in [9.17, 15) is 41.0 Å². The van der Waals surface area contributed by atoms with Gasteiger partial charge in [0.05, 0.1) is 5.92 Å². The molecule has 154 valence electrons. The Balaban J connectivity index is 2.00. The van der Waals surface area contributed by atoms with Gasteiger partial charge in [0, 0.05) is 0 Å². The van der Waals surface area contributed by atoms with Crippen LogP contribution in [0, 0.1) is 17.8 Å². The highest BCUT2D eigenvalue weighted by atomic mass is 19.4. The van der Waals surface area contributed by atoms with E-state index < -0.39 is 48.0 Å². The van der Waals surface area contributed by atoms with Crippen LogP contribution in [0.4, 0.5) is 26.3 Å². The number of ether oxygens (including phenoxy) is 2. The maximum atomic E-state index is 12.9. The largest absolute Gasteiger partial charge is 0.453 e. The Morgan fingerprint density at radius 2 is 1.59 bits per heavy atom. The van der Waals surface area contributed by atoms with Crippen molar-refractivity contribution in [2.45, 2.75) is 50.2 Å². The van der Waals surface area contributed by atoms with Crippen molar-refractivity contribution in [3.8, 4) is 0 Å². The van der Waals surface area contributed by atoms with Gasteiger partial charge in [-0.2, -0.15) is 26.3 Å². The number of rotatable bonds is 5. The maximum absolute atomic E-state index is 12.9. The summed E-state index contributed by atoms with van der Waals surface area (Å²) in [5.74, 6) is -2.77. The van der Waals surface area contributed by atoms with Gasteiger partial charge in [0.25, 0.3) is 5.60 Å². The normalized spacial score (nSPS) is 25.6. The van der Waals surface area contributed by atoms with Crippen molar-refractivity contribution >= 4 is 11.9 Å². The van der Waals surface area contributed by atoms with Gasteiger partial charge in [-0.1, -0.05) is 12.2 Å². The molecule has 0 spiro atoms. The van der Waals surface area contributed by atoms with Gasteiger partial charge < -0.3 is 14.6 Å². The summed E-state index contributed by atoms with van der Waals surface area (Å²) in [5.41, 5.74) is -8.72. The van der Waals surface area contributed by atoms with E-state index in [2.05, 4.69) is 9.47 Å². The van der Waals surface area contributed by atoms with Crippen LogP contribution in [-0.2, 0) is 19.1 Å². The second-order valence-electron chi connectivity index (χ2n) is 7.18. The van der Waals surface area contributed by atoms with Crippen molar-refractivity contribution in [1.82, 2.24) is 0 Å². The molecule has 5 nitrogen and oxygen atoms in total. The molecule has 2 aliphatic rings. The minimum atomic E-state index is -6.17. The predicted octanol–water partition coefficient (Wildman–Crippen LogP) is 2.92. The molecule has 0 aromatic carbocycles. The van der Waals surface area contributed by atoms with E-state index in [4.69, 9.17) is 0 Å². The summed E-state index contributed by atoms with van der Waals surface area (Å²) in [6, 6.07) is 0. The lowest BCUT2D eigenvalue weighted by molar-refractivity contribution is -0.407. The Kier molecular flexibility index (Phi) is 5.32. The van der Waals surface area contributed by atoms with Gasteiger partial charge in [-0.05, 0) is 38.5 Å². The van der Waals surface area contributed by atoms with Crippen LogP contribution in [-0.4, -0.2) is 47.2 Å². The average molecular weight is 404 g/mol. The van der Waals surface area contributed by atoms with Gasteiger partial charge in [0.2, 0.25) is 0 Å². The van der Waals surface area contributed by atoms with E-state index in [0.717, 1.165) is 6.42 Å². The summed E-state index contributed by atoms with van der Waals surface area (Å²) >= 11 is 0. The molecule has 0 aromatic heterocycles. The molecule has 3 unspecified atom stereocenters. The Morgan fingerprint density at radius 3 is 2.00 bits per heavy atom. The second-order valence-corrected chi connectivity index (χ2v) is 7.18. The van der Waals surface area contributed by atoms with Crippen molar-refractivity contribution < 1.29 is 50.5 Å². The Bertz CT molecular complexity index is 622. The lowest BCUT2D eigenvalue weighted by Gasteiger charge is -2.43. The molecule has 0 aromatic rings. The van der Waals surface area contributed by atoms with E-state index in [0.29, 0.717) is 6.42 Å². The first-order valence-corrected chi connectivity index (χ1v) is 8.03. The van der Waals surface area contributed by atoms with E-state index in [1.165, 1.54) is 0 Å². The number of allylic oxidation sites excluding steroid dienone is 2. The molecule has 0 radical (unpaired) electrons. The fraction of sp³-hybridized carbons (Fsp3) is 0.750. The topological polar surface area (TPSA) is 72.8 Å². The molecule has 1 fully saturated rings. The van der Waals surface area contributed by atoms with Crippen LogP contribution in [0.3, 0.4) is 0 Å². The van der Waals surface area contributed by atoms with Gasteiger partial charge in [-0.15, -0.1) is 0 Å². The van der Waals surface area contributed by atoms with Crippen molar-refractivity contribution in [3.63, 3.8) is 0 Å². The standard InChI is InChI=1S/C16H18F6O5/c1-13(2,14(25,15(17,18)19)16(20,21)22)27-11(23)7-26-12(24)10-6-8-3-4-9(10)5-8/h3-4,8-10,25H,5-7H2,1-2H3. The lowest BCUT2D eigenvalue weighted by Crippen LogP contribution is -2.70. The molecule has 2 rings (SSSR count). The molecule has 1 N–H and O–H groups in total.